The molecule has 0 unspecified atom stereocenters. The van der Waals surface area contributed by atoms with Crippen molar-refractivity contribution >= 4 is 27.7 Å². The maximum Gasteiger partial charge on any atom is 0.268 e. The highest BCUT2D eigenvalue weighted by molar-refractivity contribution is 9.10. The molecular formula is C11H10BrFN4O. The van der Waals surface area contributed by atoms with Crippen molar-refractivity contribution in [2.75, 3.05) is 11.1 Å². The Hall–Kier alpha value is -1.89. The summed E-state index contributed by atoms with van der Waals surface area (Å²) in [6.07, 6.45) is 0. The van der Waals surface area contributed by atoms with Crippen molar-refractivity contribution in [3.8, 4) is 0 Å². The Morgan fingerprint density at radius 3 is 2.72 bits per heavy atom. The number of nitrogens with zero attached hydrogens (tertiary/aromatic N) is 1. The average Bonchev–Trinajstić information content (AvgIpc) is 2.34. The lowest BCUT2D eigenvalue weighted by Gasteiger charge is -2.07. The molecule has 0 amide bonds. The predicted octanol–water partition coefficient (Wildman–Crippen LogP) is 1.87. The lowest BCUT2D eigenvalue weighted by Crippen LogP contribution is -2.15. The van der Waals surface area contributed by atoms with Crippen molar-refractivity contribution in [3.05, 3.63) is 50.5 Å². The summed E-state index contributed by atoms with van der Waals surface area (Å²) in [6, 6.07) is 6.02. The Labute approximate surface area is 110 Å². The van der Waals surface area contributed by atoms with Crippen LogP contribution in [0.4, 0.5) is 16.2 Å². The minimum atomic E-state index is -0.357. The number of hydrogen-bond donors (Lipinski definition) is 3. The van der Waals surface area contributed by atoms with Gasteiger partial charge in [-0.1, -0.05) is 12.1 Å². The number of halogens is 2. The van der Waals surface area contributed by atoms with E-state index in [1.165, 1.54) is 12.1 Å². The first-order valence-corrected chi connectivity index (χ1v) is 5.89. The molecule has 5 nitrogen and oxygen atoms in total. The molecule has 0 aliphatic heterocycles. The van der Waals surface area contributed by atoms with E-state index in [1.807, 2.05) is 0 Å². The van der Waals surface area contributed by atoms with E-state index in [4.69, 9.17) is 5.73 Å². The maximum atomic E-state index is 12.7. The molecule has 1 aromatic carbocycles. The predicted molar refractivity (Wildman–Crippen MR) is 70.7 cm³/mol. The molecule has 0 aliphatic carbocycles. The zero-order valence-electron chi connectivity index (χ0n) is 9.21. The summed E-state index contributed by atoms with van der Waals surface area (Å²) in [5.74, 6) is 0.0869. The molecule has 0 spiro atoms. The fourth-order valence-corrected chi connectivity index (χ4v) is 1.71. The Morgan fingerprint density at radius 2 is 2.06 bits per heavy atom. The second-order valence-electron chi connectivity index (χ2n) is 3.59. The highest BCUT2D eigenvalue weighted by atomic mass is 79.9. The van der Waals surface area contributed by atoms with E-state index in [1.54, 1.807) is 12.1 Å². The van der Waals surface area contributed by atoms with Gasteiger partial charge in [-0.25, -0.2) is 4.39 Å². The van der Waals surface area contributed by atoms with Gasteiger partial charge >= 0.3 is 0 Å². The van der Waals surface area contributed by atoms with Crippen LogP contribution in [0.25, 0.3) is 0 Å². The van der Waals surface area contributed by atoms with Crippen molar-refractivity contribution in [3.63, 3.8) is 0 Å². The lowest BCUT2D eigenvalue weighted by atomic mass is 10.2. The normalized spacial score (nSPS) is 10.3. The van der Waals surface area contributed by atoms with E-state index >= 15 is 0 Å². The Balaban J connectivity index is 2.15. The molecular weight excluding hydrogens is 303 g/mol. The van der Waals surface area contributed by atoms with Gasteiger partial charge < -0.3 is 11.1 Å². The van der Waals surface area contributed by atoms with Gasteiger partial charge in [-0.2, -0.15) is 4.98 Å². The molecule has 0 fully saturated rings. The molecule has 18 heavy (non-hydrogen) atoms. The van der Waals surface area contributed by atoms with Gasteiger partial charge in [0.2, 0.25) is 5.95 Å². The topological polar surface area (TPSA) is 83.8 Å². The van der Waals surface area contributed by atoms with Gasteiger partial charge in [-0.15, -0.1) is 0 Å². The van der Waals surface area contributed by atoms with Gasteiger partial charge in [0.1, 0.15) is 16.1 Å². The number of anilines is 2. The molecule has 0 saturated carbocycles. The van der Waals surface area contributed by atoms with Crippen molar-refractivity contribution in [1.82, 2.24) is 9.97 Å². The third-order valence-electron chi connectivity index (χ3n) is 2.25. The number of hydrogen-bond acceptors (Lipinski definition) is 4. The van der Waals surface area contributed by atoms with Crippen LogP contribution >= 0.6 is 15.9 Å². The first kappa shape index (κ1) is 12.6. The number of benzene rings is 1. The number of nitrogens with two attached hydrogens (primary N) is 1. The molecule has 2 rings (SSSR count). The first-order valence-electron chi connectivity index (χ1n) is 5.10. The standard InChI is InChI=1S/C11H10BrFN4O/c12-8-9(16-11(14)17-10(8)18)15-5-6-1-3-7(13)4-2-6/h1-4H,5H2,(H4,14,15,16,17,18). The van der Waals surface area contributed by atoms with Gasteiger partial charge in [0.25, 0.3) is 5.56 Å². The Kier molecular flexibility index (Phi) is 3.61. The number of rotatable bonds is 3. The van der Waals surface area contributed by atoms with E-state index in [0.29, 0.717) is 12.4 Å². The summed E-state index contributed by atoms with van der Waals surface area (Å²) >= 11 is 3.12. The molecule has 4 N–H and O–H groups in total. The lowest BCUT2D eigenvalue weighted by molar-refractivity contribution is 0.627. The average molecular weight is 313 g/mol. The van der Waals surface area contributed by atoms with Crippen LogP contribution in [0.1, 0.15) is 5.56 Å². The third kappa shape index (κ3) is 2.86. The molecule has 0 saturated heterocycles. The smallest absolute Gasteiger partial charge is 0.268 e. The largest absolute Gasteiger partial charge is 0.369 e. The fourth-order valence-electron chi connectivity index (χ4n) is 1.38. The summed E-state index contributed by atoms with van der Waals surface area (Å²) < 4.78 is 13.0. The highest BCUT2D eigenvalue weighted by Gasteiger charge is 2.07. The fraction of sp³-hybridized carbons (Fsp3) is 0.0909. The van der Waals surface area contributed by atoms with Crippen LogP contribution in [0.3, 0.4) is 0 Å². The molecule has 0 atom stereocenters. The number of aromatic amines is 1. The Bertz CT molecular complexity index is 611. The summed E-state index contributed by atoms with van der Waals surface area (Å²) in [6.45, 7) is 0.411. The SMILES string of the molecule is Nc1nc(NCc2ccc(F)cc2)c(Br)c(=O)[nH]1. The minimum Gasteiger partial charge on any atom is -0.369 e. The van der Waals surface area contributed by atoms with Gasteiger partial charge in [-0.05, 0) is 33.6 Å². The molecule has 2 aromatic rings. The zero-order chi connectivity index (χ0) is 13.1. The van der Waals surface area contributed by atoms with Gasteiger partial charge in [0.05, 0.1) is 0 Å². The van der Waals surface area contributed by atoms with Crippen LogP contribution in [0.15, 0.2) is 33.5 Å². The van der Waals surface area contributed by atoms with E-state index < -0.39 is 0 Å². The summed E-state index contributed by atoms with van der Waals surface area (Å²) in [5.41, 5.74) is 5.95. The molecule has 94 valence electrons. The molecule has 1 heterocycles. The zero-order valence-corrected chi connectivity index (χ0v) is 10.8. The Morgan fingerprint density at radius 1 is 1.39 bits per heavy atom. The molecule has 0 radical (unpaired) electrons. The van der Waals surface area contributed by atoms with Crippen molar-refractivity contribution in [2.24, 2.45) is 0 Å². The van der Waals surface area contributed by atoms with Crippen LogP contribution in [-0.4, -0.2) is 9.97 Å². The van der Waals surface area contributed by atoms with Crippen LogP contribution < -0.4 is 16.6 Å². The summed E-state index contributed by atoms with van der Waals surface area (Å²) in [7, 11) is 0. The molecule has 0 aliphatic rings. The third-order valence-corrected chi connectivity index (χ3v) is 2.99. The van der Waals surface area contributed by atoms with Crippen molar-refractivity contribution in [1.29, 1.82) is 0 Å². The van der Waals surface area contributed by atoms with Gasteiger partial charge in [0, 0.05) is 6.54 Å². The van der Waals surface area contributed by atoms with Gasteiger partial charge in [-0.3, -0.25) is 9.78 Å². The van der Waals surface area contributed by atoms with Crippen molar-refractivity contribution < 1.29 is 4.39 Å². The van der Waals surface area contributed by atoms with E-state index in [-0.39, 0.29) is 21.8 Å². The van der Waals surface area contributed by atoms with Crippen molar-refractivity contribution in [2.45, 2.75) is 6.54 Å². The second-order valence-corrected chi connectivity index (χ2v) is 4.39. The van der Waals surface area contributed by atoms with E-state index in [9.17, 15) is 9.18 Å². The molecule has 0 bridgehead atoms. The first-order chi connectivity index (χ1) is 8.56. The number of nitrogen functional groups attached to an aromatic ring is 1. The van der Waals surface area contributed by atoms with Crippen LogP contribution in [0.5, 0.6) is 0 Å². The second kappa shape index (κ2) is 5.18. The summed E-state index contributed by atoms with van der Waals surface area (Å²) in [4.78, 5) is 17.7. The number of H-pyrrole nitrogens is 1. The van der Waals surface area contributed by atoms with Crippen LogP contribution in [0, 0.1) is 5.82 Å². The molecule has 7 heteroatoms. The molecule has 1 aromatic heterocycles. The minimum absolute atomic E-state index is 0.0322. The van der Waals surface area contributed by atoms with Crippen LogP contribution in [-0.2, 0) is 6.54 Å². The van der Waals surface area contributed by atoms with E-state index in [0.717, 1.165) is 5.56 Å². The monoisotopic (exact) mass is 312 g/mol. The number of aromatic nitrogens is 2. The van der Waals surface area contributed by atoms with Crippen LogP contribution in [0.2, 0.25) is 0 Å². The number of nitrogens with one attached hydrogen (secondary N) is 2. The van der Waals surface area contributed by atoms with Gasteiger partial charge in [0.15, 0.2) is 0 Å². The summed E-state index contributed by atoms with van der Waals surface area (Å²) in [5, 5.41) is 2.95. The van der Waals surface area contributed by atoms with E-state index in [2.05, 4.69) is 31.2 Å². The highest BCUT2D eigenvalue weighted by Crippen LogP contribution is 2.16. The maximum absolute atomic E-state index is 12.7. The quantitative estimate of drug-likeness (QED) is 0.808.